The molecule has 0 radical (unpaired) electrons. The third-order valence-corrected chi connectivity index (χ3v) is 3.72. The Labute approximate surface area is 124 Å². The van der Waals surface area contributed by atoms with Crippen LogP contribution in [0.4, 0.5) is 0 Å². The Morgan fingerprint density at radius 1 is 1.29 bits per heavy atom. The number of rotatable bonds is 5. The lowest BCUT2D eigenvalue weighted by Gasteiger charge is -2.20. The molecule has 3 N–H and O–H groups in total. The normalized spacial score (nSPS) is 14.4. The highest BCUT2D eigenvalue weighted by molar-refractivity contribution is 5.49. The van der Waals surface area contributed by atoms with Crippen LogP contribution in [-0.4, -0.2) is 13.2 Å². The molecule has 4 heteroatoms. The van der Waals surface area contributed by atoms with Gasteiger partial charge in [-0.1, -0.05) is 30.3 Å². The maximum atomic E-state index is 5.81. The van der Waals surface area contributed by atoms with Gasteiger partial charge in [-0.3, -0.25) is 5.84 Å². The van der Waals surface area contributed by atoms with Gasteiger partial charge in [0.2, 0.25) is 0 Å². The number of fused-ring (bicyclic) bond motifs is 1. The summed E-state index contributed by atoms with van der Waals surface area (Å²) in [5, 5.41) is 0. The van der Waals surface area contributed by atoms with Crippen molar-refractivity contribution in [2.45, 2.75) is 19.4 Å². The molecule has 3 rings (SSSR count). The van der Waals surface area contributed by atoms with Crippen LogP contribution in [0.5, 0.6) is 11.5 Å². The van der Waals surface area contributed by atoms with E-state index in [1.807, 2.05) is 31.2 Å². The summed E-state index contributed by atoms with van der Waals surface area (Å²) in [6, 6.07) is 14.1. The monoisotopic (exact) mass is 284 g/mol. The van der Waals surface area contributed by atoms with Gasteiger partial charge in [0.25, 0.3) is 0 Å². The van der Waals surface area contributed by atoms with Crippen LogP contribution in [0.2, 0.25) is 0 Å². The van der Waals surface area contributed by atoms with Crippen LogP contribution in [0.1, 0.15) is 29.7 Å². The predicted molar refractivity (Wildman–Crippen MR) is 82.4 cm³/mol. The first-order valence-electron chi connectivity index (χ1n) is 7.27. The standard InChI is InChI=1S/C17H20N2O2/c1-2-20-14-7-3-6-13(11-14)16(19-18)15-8-4-5-12-9-10-21-17(12)15/h3-8,11,16,19H,2,9-10,18H2,1H3. The van der Waals surface area contributed by atoms with Gasteiger partial charge in [0.1, 0.15) is 11.5 Å². The molecule has 1 atom stereocenters. The molecule has 0 saturated heterocycles. The number of ether oxygens (including phenoxy) is 2. The quantitative estimate of drug-likeness (QED) is 0.654. The summed E-state index contributed by atoms with van der Waals surface area (Å²) in [6.07, 6.45) is 0.958. The van der Waals surface area contributed by atoms with Crippen molar-refractivity contribution in [2.24, 2.45) is 5.84 Å². The first kappa shape index (κ1) is 13.9. The van der Waals surface area contributed by atoms with Gasteiger partial charge in [-0.15, -0.1) is 0 Å². The second-order valence-electron chi connectivity index (χ2n) is 5.04. The Morgan fingerprint density at radius 3 is 2.95 bits per heavy atom. The molecule has 0 aliphatic carbocycles. The minimum Gasteiger partial charge on any atom is -0.494 e. The van der Waals surface area contributed by atoms with Crippen molar-refractivity contribution in [1.29, 1.82) is 0 Å². The van der Waals surface area contributed by atoms with E-state index in [4.69, 9.17) is 15.3 Å². The fraction of sp³-hybridized carbons (Fsp3) is 0.294. The summed E-state index contributed by atoms with van der Waals surface area (Å²) in [5.74, 6) is 7.62. The highest BCUT2D eigenvalue weighted by atomic mass is 16.5. The Morgan fingerprint density at radius 2 is 2.14 bits per heavy atom. The molecule has 0 aromatic heterocycles. The van der Waals surface area contributed by atoms with E-state index in [0.717, 1.165) is 35.7 Å². The molecule has 1 heterocycles. The maximum absolute atomic E-state index is 5.81. The number of hydrogen-bond donors (Lipinski definition) is 2. The van der Waals surface area contributed by atoms with Crippen molar-refractivity contribution in [3.8, 4) is 11.5 Å². The van der Waals surface area contributed by atoms with Crippen molar-refractivity contribution in [3.05, 3.63) is 59.2 Å². The van der Waals surface area contributed by atoms with Crippen LogP contribution in [0.25, 0.3) is 0 Å². The average Bonchev–Trinajstić information content (AvgIpc) is 2.98. The number of para-hydroxylation sites is 1. The molecule has 2 aromatic carbocycles. The fourth-order valence-corrected chi connectivity index (χ4v) is 2.78. The SMILES string of the molecule is CCOc1cccc(C(NN)c2cccc3c2OCC3)c1. The topological polar surface area (TPSA) is 56.5 Å². The minimum absolute atomic E-state index is 0.113. The van der Waals surface area contributed by atoms with Crippen LogP contribution in [0, 0.1) is 0 Å². The highest BCUT2D eigenvalue weighted by Crippen LogP contribution is 2.36. The minimum atomic E-state index is -0.113. The fourth-order valence-electron chi connectivity index (χ4n) is 2.78. The lowest BCUT2D eigenvalue weighted by molar-refractivity contribution is 0.339. The Hall–Kier alpha value is -2.04. The van der Waals surface area contributed by atoms with Crippen LogP contribution in [0.15, 0.2) is 42.5 Å². The molecule has 1 aliphatic heterocycles. The average molecular weight is 284 g/mol. The van der Waals surface area contributed by atoms with E-state index in [1.54, 1.807) is 0 Å². The molecule has 21 heavy (non-hydrogen) atoms. The van der Waals surface area contributed by atoms with Crippen LogP contribution >= 0.6 is 0 Å². The van der Waals surface area contributed by atoms with Gasteiger partial charge in [-0.25, -0.2) is 5.43 Å². The van der Waals surface area contributed by atoms with Crippen molar-refractivity contribution in [3.63, 3.8) is 0 Å². The van der Waals surface area contributed by atoms with Crippen molar-refractivity contribution in [2.75, 3.05) is 13.2 Å². The van der Waals surface area contributed by atoms with Gasteiger partial charge in [-0.2, -0.15) is 0 Å². The van der Waals surface area contributed by atoms with Gasteiger partial charge in [-0.05, 0) is 30.2 Å². The Bertz CT molecular complexity index is 628. The molecule has 1 unspecified atom stereocenters. The molecule has 110 valence electrons. The number of benzene rings is 2. The van der Waals surface area contributed by atoms with Gasteiger partial charge >= 0.3 is 0 Å². The summed E-state index contributed by atoms with van der Waals surface area (Å²) in [7, 11) is 0. The zero-order chi connectivity index (χ0) is 14.7. The Kier molecular flexibility index (Phi) is 4.08. The first-order valence-corrected chi connectivity index (χ1v) is 7.27. The molecule has 0 bridgehead atoms. The molecule has 4 nitrogen and oxygen atoms in total. The van der Waals surface area contributed by atoms with Crippen molar-refractivity contribution >= 4 is 0 Å². The van der Waals surface area contributed by atoms with E-state index in [0.29, 0.717) is 6.61 Å². The van der Waals surface area contributed by atoms with Crippen LogP contribution in [-0.2, 0) is 6.42 Å². The van der Waals surface area contributed by atoms with Gasteiger partial charge < -0.3 is 9.47 Å². The summed E-state index contributed by atoms with van der Waals surface area (Å²) >= 11 is 0. The third kappa shape index (κ3) is 2.73. The molecular weight excluding hydrogens is 264 g/mol. The van der Waals surface area contributed by atoms with E-state index in [-0.39, 0.29) is 6.04 Å². The first-order chi connectivity index (χ1) is 10.3. The lowest BCUT2D eigenvalue weighted by Crippen LogP contribution is -2.29. The third-order valence-electron chi connectivity index (χ3n) is 3.72. The lowest BCUT2D eigenvalue weighted by atomic mass is 9.96. The predicted octanol–water partition coefficient (Wildman–Crippen LogP) is 2.57. The zero-order valence-electron chi connectivity index (χ0n) is 12.1. The summed E-state index contributed by atoms with van der Waals surface area (Å²) in [4.78, 5) is 0. The van der Waals surface area contributed by atoms with E-state index in [2.05, 4.69) is 23.6 Å². The van der Waals surface area contributed by atoms with Crippen molar-refractivity contribution in [1.82, 2.24) is 5.43 Å². The highest BCUT2D eigenvalue weighted by Gasteiger charge is 2.22. The maximum Gasteiger partial charge on any atom is 0.127 e. The van der Waals surface area contributed by atoms with Crippen LogP contribution in [0.3, 0.4) is 0 Å². The number of hydrazine groups is 1. The number of nitrogens with one attached hydrogen (secondary N) is 1. The largest absolute Gasteiger partial charge is 0.494 e. The summed E-state index contributed by atoms with van der Waals surface area (Å²) in [6.45, 7) is 3.36. The second-order valence-corrected chi connectivity index (χ2v) is 5.04. The molecule has 0 saturated carbocycles. The zero-order valence-corrected chi connectivity index (χ0v) is 12.1. The van der Waals surface area contributed by atoms with Gasteiger partial charge in [0.15, 0.2) is 0 Å². The van der Waals surface area contributed by atoms with Gasteiger partial charge in [0, 0.05) is 12.0 Å². The summed E-state index contributed by atoms with van der Waals surface area (Å²) in [5.41, 5.74) is 6.28. The number of hydrogen-bond acceptors (Lipinski definition) is 4. The second kappa shape index (κ2) is 6.16. The van der Waals surface area contributed by atoms with Crippen LogP contribution < -0.4 is 20.7 Å². The van der Waals surface area contributed by atoms with Crippen molar-refractivity contribution < 1.29 is 9.47 Å². The van der Waals surface area contributed by atoms with E-state index < -0.39 is 0 Å². The van der Waals surface area contributed by atoms with Gasteiger partial charge in [0.05, 0.1) is 19.3 Å². The van der Waals surface area contributed by atoms with E-state index in [1.165, 1.54) is 5.56 Å². The molecular formula is C17H20N2O2. The molecule has 1 aliphatic rings. The molecule has 0 fully saturated rings. The molecule has 0 spiro atoms. The molecule has 2 aromatic rings. The number of nitrogens with two attached hydrogens (primary N) is 1. The van der Waals surface area contributed by atoms with E-state index in [9.17, 15) is 0 Å². The molecule has 0 amide bonds. The summed E-state index contributed by atoms with van der Waals surface area (Å²) < 4.78 is 11.4. The van der Waals surface area contributed by atoms with E-state index >= 15 is 0 Å². The Balaban J connectivity index is 1.99. The smallest absolute Gasteiger partial charge is 0.127 e.